The molecule has 0 aromatic heterocycles. The summed E-state index contributed by atoms with van der Waals surface area (Å²) in [4.78, 5) is 2.49. The van der Waals surface area contributed by atoms with Crippen molar-refractivity contribution >= 4 is 0 Å². The zero-order chi connectivity index (χ0) is 27.5. The van der Waals surface area contributed by atoms with Gasteiger partial charge in [0.05, 0.1) is 20.6 Å². The second-order valence-electron chi connectivity index (χ2n) is 13.6. The van der Waals surface area contributed by atoms with Gasteiger partial charge < -0.3 is 14.7 Å². The monoisotopic (exact) mass is 497 g/mol. The Morgan fingerprint density at radius 3 is 1.69 bits per heavy atom. The van der Waals surface area contributed by atoms with Gasteiger partial charge in [-0.2, -0.15) is 0 Å². The Kier molecular flexibility index (Phi) is 9.70. The summed E-state index contributed by atoms with van der Waals surface area (Å²) in [5.74, 6) is 0.893. The summed E-state index contributed by atoms with van der Waals surface area (Å²) in [7, 11) is 4.50. The fourth-order valence-corrected chi connectivity index (χ4v) is 4.94. The van der Waals surface area contributed by atoms with Gasteiger partial charge in [0.15, 0.2) is 0 Å². The van der Waals surface area contributed by atoms with Crippen molar-refractivity contribution in [2.75, 3.05) is 33.7 Å². The van der Waals surface area contributed by atoms with Gasteiger partial charge in [0.1, 0.15) is 18.0 Å². The van der Waals surface area contributed by atoms with Crippen LogP contribution in [0.3, 0.4) is 0 Å². The van der Waals surface area contributed by atoms with Crippen molar-refractivity contribution in [1.82, 2.24) is 4.90 Å². The molecule has 4 nitrogen and oxygen atoms in total. The first-order chi connectivity index (χ1) is 16.4. The fraction of sp³-hybridized carbons (Fsp3) is 0.625. The summed E-state index contributed by atoms with van der Waals surface area (Å²) >= 11 is 0. The normalized spacial score (nSPS) is 13.0. The van der Waals surface area contributed by atoms with Crippen molar-refractivity contribution in [3.8, 4) is 11.5 Å². The lowest BCUT2D eigenvalue weighted by Crippen LogP contribution is -2.45. The van der Waals surface area contributed by atoms with E-state index < -0.39 is 0 Å². The van der Waals surface area contributed by atoms with Gasteiger partial charge in [0.2, 0.25) is 0 Å². The molecule has 2 aromatic carbocycles. The number of phenolic OH excluding ortho intramolecular Hbond substituents is 2. The first kappa shape index (κ1) is 30.2. The van der Waals surface area contributed by atoms with E-state index in [9.17, 15) is 10.2 Å². The molecule has 0 aliphatic heterocycles. The molecular weight excluding hydrogens is 444 g/mol. The Hall–Kier alpha value is -2.04. The number of unbranched alkanes of at least 4 members (excludes halogenated alkanes) is 1. The maximum Gasteiger partial charge on any atom is 0.128 e. The largest absolute Gasteiger partial charge is 0.507 e. The molecule has 0 aliphatic rings. The second kappa shape index (κ2) is 11.6. The molecule has 2 rings (SSSR count). The minimum Gasteiger partial charge on any atom is -0.507 e. The van der Waals surface area contributed by atoms with Crippen LogP contribution in [-0.2, 0) is 23.9 Å². The van der Waals surface area contributed by atoms with Gasteiger partial charge in [0, 0.05) is 24.2 Å². The minimum atomic E-state index is -0.0975. The number of likely N-dealkylation sites (N-methyl/N-ethyl adjacent to an activating group) is 1. The highest BCUT2D eigenvalue weighted by Gasteiger charge is 2.26. The van der Waals surface area contributed by atoms with Crippen molar-refractivity contribution in [2.24, 2.45) is 0 Å². The number of aromatic hydroxyl groups is 2. The van der Waals surface area contributed by atoms with Crippen LogP contribution in [0.4, 0.5) is 0 Å². The van der Waals surface area contributed by atoms with Crippen LogP contribution in [0.5, 0.6) is 11.5 Å². The number of phenols is 2. The molecule has 0 aliphatic carbocycles. The van der Waals surface area contributed by atoms with E-state index in [1.807, 2.05) is 0 Å². The molecule has 0 heterocycles. The highest BCUT2D eigenvalue weighted by Crippen LogP contribution is 2.36. The summed E-state index contributed by atoms with van der Waals surface area (Å²) in [5, 5.41) is 22.2. The standard InChI is InChI=1S/C32H52N2O2/c1-12-13-14-33(21-25-17-23(2)19-27(29(25)35)31(4,5)6)15-16-34(10,11)22-26-18-24(3)20-28(30(26)36)32(7,8)9/h17-20H,12-16,21-22H2,1-11H3,(H-,35,36)/p+1. The van der Waals surface area contributed by atoms with Gasteiger partial charge in [-0.15, -0.1) is 0 Å². The summed E-state index contributed by atoms with van der Waals surface area (Å²) < 4.78 is 0.788. The molecule has 4 heteroatoms. The SMILES string of the molecule is CCCCN(CC[N+](C)(C)Cc1cc(C)cc(C(C)(C)C)c1O)Cc1cc(C)cc(C(C)(C)C)c1O. The van der Waals surface area contributed by atoms with Gasteiger partial charge in [0.25, 0.3) is 0 Å². The Bertz CT molecular complexity index is 1030. The van der Waals surface area contributed by atoms with E-state index in [1.165, 1.54) is 11.1 Å². The Labute approximate surface area is 221 Å². The summed E-state index contributed by atoms with van der Waals surface area (Å²) in [6.07, 6.45) is 2.29. The third-order valence-electron chi connectivity index (χ3n) is 7.12. The first-order valence-electron chi connectivity index (χ1n) is 13.6. The van der Waals surface area contributed by atoms with Gasteiger partial charge in [-0.1, -0.05) is 84.2 Å². The third-order valence-corrected chi connectivity index (χ3v) is 7.12. The quantitative estimate of drug-likeness (QED) is 0.341. The van der Waals surface area contributed by atoms with Crippen LogP contribution >= 0.6 is 0 Å². The second-order valence-corrected chi connectivity index (χ2v) is 13.6. The lowest BCUT2D eigenvalue weighted by Gasteiger charge is -2.34. The van der Waals surface area contributed by atoms with E-state index in [2.05, 4.69) is 106 Å². The Morgan fingerprint density at radius 1 is 0.750 bits per heavy atom. The lowest BCUT2D eigenvalue weighted by atomic mass is 9.84. The molecule has 0 spiro atoms. The van der Waals surface area contributed by atoms with E-state index in [4.69, 9.17) is 0 Å². The molecule has 2 aromatic rings. The van der Waals surface area contributed by atoms with Crippen molar-refractivity contribution in [2.45, 2.75) is 99.1 Å². The van der Waals surface area contributed by atoms with E-state index in [0.717, 1.165) is 72.3 Å². The van der Waals surface area contributed by atoms with Gasteiger partial charge in [-0.3, -0.25) is 4.90 Å². The van der Waals surface area contributed by atoms with E-state index in [-0.39, 0.29) is 10.8 Å². The lowest BCUT2D eigenvalue weighted by molar-refractivity contribution is -0.903. The molecule has 0 amide bonds. The molecule has 202 valence electrons. The van der Waals surface area contributed by atoms with Crippen LogP contribution in [-0.4, -0.2) is 53.3 Å². The number of quaternary nitrogens is 1. The summed E-state index contributed by atoms with van der Waals surface area (Å²) in [5.41, 5.74) is 6.29. The predicted molar refractivity (Wildman–Crippen MR) is 154 cm³/mol. The van der Waals surface area contributed by atoms with Gasteiger partial charge >= 0.3 is 0 Å². The molecule has 0 radical (unpaired) electrons. The van der Waals surface area contributed by atoms with Crippen molar-refractivity contribution in [3.05, 3.63) is 57.6 Å². The fourth-order valence-electron chi connectivity index (χ4n) is 4.94. The van der Waals surface area contributed by atoms with E-state index >= 15 is 0 Å². The maximum atomic E-state index is 11.1. The predicted octanol–water partition coefficient (Wildman–Crippen LogP) is 7.19. The maximum absolute atomic E-state index is 11.1. The van der Waals surface area contributed by atoms with Crippen molar-refractivity contribution < 1.29 is 14.7 Å². The Morgan fingerprint density at radius 2 is 1.22 bits per heavy atom. The number of aryl methyl sites for hydroxylation is 2. The average Bonchev–Trinajstić information content (AvgIpc) is 2.72. The number of hydrogen-bond acceptors (Lipinski definition) is 3. The summed E-state index contributed by atoms with van der Waals surface area (Å²) in [6, 6.07) is 8.52. The number of rotatable bonds is 10. The number of hydrogen-bond donors (Lipinski definition) is 2. The first-order valence-corrected chi connectivity index (χ1v) is 13.6. The number of benzene rings is 2. The van der Waals surface area contributed by atoms with Crippen LogP contribution < -0.4 is 0 Å². The van der Waals surface area contributed by atoms with Crippen LogP contribution in [0.1, 0.15) is 94.7 Å². The van der Waals surface area contributed by atoms with E-state index in [1.54, 1.807) is 0 Å². The highest BCUT2D eigenvalue weighted by atomic mass is 16.3. The minimum absolute atomic E-state index is 0.0966. The highest BCUT2D eigenvalue weighted by molar-refractivity contribution is 5.47. The van der Waals surface area contributed by atoms with Crippen LogP contribution in [0.25, 0.3) is 0 Å². The Balaban J connectivity index is 2.24. The molecule has 0 bridgehead atoms. The molecular formula is C32H53N2O2+. The van der Waals surface area contributed by atoms with Gasteiger partial charge in [-0.05, 0) is 54.8 Å². The smallest absolute Gasteiger partial charge is 0.128 e. The van der Waals surface area contributed by atoms with Crippen LogP contribution in [0, 0.1) is 13.8 Å². The van der Waals surface area contributed by atoms with Crippen LogP contribution in [0.15, 0.2) is 24.3 Å². The molecule has 0 saturated carbocycles. The average molecular weight is 498 g/mol. The molecule has 0 fully saturated rings. The van der Waals surface area contributed by atoms with Crippen LogP contribution in [0.2, 0.25) is 0 Å². The van der Waals surface area contributed by atoms with Crippen molar-refractivity contribution in [1.29, 1.82) is 0 Å². The summed E-state index contributed by atoms with van der Waals surface area (Å²) in [6.45, 7) is 23.8. The zero-order valence-electron chi connectivity index (χ0n) is 25.0. The molecule has 0 unspecified atom stereocenters. The number of nitrogens with zero attached hydrogens (tertiary/aromatic N) is 2. The third kappa shape index (κ3) is 8.24. The van der Waals surface area contributed by atoms with E-state index in [0.29, 0.717) is 11.5 Å². The zero-order valence-corrected chi connectivity index (χ0v) is 25.0. The van der Waals surface area contributed by atoms with Gasteiger partial charge in [-0.25, -0.2) is 0 Å². The molecule has 36 heavy (non-hydrogen) atoms. The van der Waals surface area contributed by atoms with Crippen molar-refractivity contribution in [3.63, 3.8) is 0 Å². The molecule has 2 N–H and O–H groups in total. The topological polar surface area (TPSA) is 43.7 Å². The molecule has 0 saturated heterocycles. The molecule has 0 atom stereocenters.